The summed E-state index contributed by atoms with van der Waals surface area (Å²) in [6.45, 7) is 0. The Morgan fingerprint density at radius 1 is 1.06 bits per heavy atom. The standard InChI is InChI=1S/C12H24N2O2S/c1-13-10-3-5-11(6-4-10)14(2)12-7-8-17(15,16)9-12/h10-13H,3-9H2,1-2H3. The molecule has 0 aromatic carbocycles. The van der Waals surface area contributed by atoms with Gasteiger partial charge >= 0.3 is 0 Å². The number of hydrogen-bond acceptors (Lipinski definition) is 4. The van der Waals surface area contributed by atoms with Gasteiger partial charge in [0, 0.05) is 18.1 Å². The molecule has 2 aliphatic rings. The quantitative estimate of drug-likeness (QED) is 0.809. The lowest BCUT2D eigenvalue weighted by Gasteiger charge is -2.37. The molecule has 2 fully saturated rings. The molecule has 2 rings (SSSR count). The third-order valence-corrected chi connectivity index (χ3v) is 6.22. The van der Waals surface area contributed by atoms with E-state index in [1.165, 1.54) is 25.7 Å². The van der Waals surface area contributed by atoms with Crippen molar-refractivity contribution in [1.82, 2.24) is 10.2 Å². The molecule has 1 saturated carbocycles. The summed E-state index contributed by atoms with van der Waals surface area (Å²) >= 11 is 0. The van der Waals surface area contributed by atoms with Crippen molar-refractivity contribution in [1.29, 1.82) is 0 Å². The van der Waals surface area contributed by atoms with Crippen LogP contribution >= 0.6 is 0 Å². The maximum atomic E-state index is 11.5. The Morgan fingerprint density at radius 2 is 1.71 bits per heavy atom. The van der Waals surface area contributed by atoms with Crippen LogP contribution in [0.15, 0.2) is 0 Å². The van der Waals surface area contributed by atoms with Gasteiger partial charge < -0.3 is 5.32 Å². The predicted molar refractivity (Wildman–Crippen MR) is 69.9 cm³/mol. The number of hydrogen-bond donors (Lipinski definition) is 1. The molecule has 0 amide bonds. The predicted octanol–water partition coefficient (Wildman–Crippen LogP) is 0.636. The lowest BCUT2D eigenvalue weighted by atomic mass is 9.90. The van der Waals surface area contributed by atoms with Gasteiger partial charge in [-0.2, -0.15) is 0 Å². The maximum Gasteiger partial charge on any atom is 0.151 e. The van der Waals surface area contributed by atoms with Crippen molar-refractivity contribution in [2.75, 3.05) is 25.6 Å². The highest BCUT2D eigenvalue weighted by Crippen LogP contribution is 2.26. The monoisotopic (exact) mass is 260 g/mol. The normalized spacial score (nSPS) is 37.5. The third kappa shape index (κ3) is 3.20. The Bertz CT molecular complexity index is 348. The van der Waals surface area contributed by atoms with Crippen molar-refractivity contribution in [3.05, 3.63) is 0 Å². The fourth-order valence-electron chi connectivity index (χ4n) is 3.17. The van der Waals surface area contributed by atoms with Crippen molar-refractivity contribution >= 4 is 9.84 Å². The Balaban J connectivity index is 1.87. The van der Waals surface area contributed by atoms with E-state index < -0.39 is 9.84 Å². The lowest BCUT2D eigenvalue weighted by molar-refractivity contribution is 0.138. The van der Waals surface area contributed by atoms with Crippen LogP contribution in [-0.4, -0.2) is 57.0 Å². The molecule has 1 aliphatic carbocycles. The van der Waals surface area contributed by atoms with Gasteiger partial charge in [-0.1, -0.05) is 0 Å². The molecule has 0 spiro atoms. The Hall–Kier alpha value is -0.130. The lowest BCUT2D eigenvalue weighted by Crippen LogP contribution is -2.45. The van der Waals surface area contributed by atoms with Crippen LogP contribution in [0.2, 0.25) is 0 Å². The first-order valence-corrected chi connectivity index (χ1v) is 8.43. The summed E-state index contributed by atoms with van der Waals surface area (Å²) in [4.78, 5) is 2.33. The number of rotatable bonds is 3. The van der Waals surface area contributed by atoms with E-state index in [9.17, 15) is 8.42 Å². The highest BCUT2D eigenvalue weighted by molar-refractivity contribution is 7.91. The fourth-order valence-corrected chi connectivity index (χ4v) is 4.95. The van der Waals surface area contributed by atoms with Gasteiger partial charge in [0.2, 0.25) is 0 Å². The van der Waals surface area contributed by atoms with E-state index in [1.807, 2.05) is 7.05 Å². The molecule has 0 bridgehead atoms. The van der Waals surface area contributed by atoms with E-state index in [0.29, 0.717) is 23.6 Å². The van der Waals surface area contributed by atoms with Crippen LogP contribution in [0.4, 0.5) is 0 Å². The summed E-state index contributed by atoms with van der Waals surface area (Å²) in [5, 5.41) is 3.33. The van der Waals surface area contributed by atoms with Gasteiger partial charge in [-0.3, -0.25) is 4.90 Å². The number of nitrogens with zero attached hydrogens (tertiary/aromatic N) is 1. The van der Waals surface area contributed by atoms with E-state index in [0.717, 1.165) is 6.42 Å². The Morgan fingerprint density at radius 3 is 2.18 bits per heavy atom. The summed E-state index contributed by atoms with van der Waals surface area (Å²) in [6, 6.07) is 1.50. The molecular weight excluding hydrogens is 236 g/mol. The summed E-state index contributed by atoms with van der Waals surface area (Å²) in [5.41, 5.74) is 0. The second kappa shape index (κ2) is 5.24. The average molecular weight is 260 g/mol. The summed E-state index contributed by atoms with van der Waals surface area (Å²) < 4.78 is 23.0. The van der Waals surface area contributed by atoms with Gasteiger partial charge in [0.1, 0.15) is 0 Å². The van der Waals surface area contributed by atoms with E-state index in [1.54, 1.807) is 0 Å². The van der Waals surface area contributed by atoms with E-state index in [-0.39, 0.29) is 6.04 Å². The van der Waals surface area contributed by atoms with Crippen molar-refractivity contribution in [2.45, 2.75) is 50.2 Å². The zero-order valence-corrected chi connectivity index (χ0v) is 11.7. The molecule has 5 heteroatoms. The molecule has 1 saturated heterocycles. The van der Waals surface area contributed by atoms with Gasteiger partial charge in [-0.15, -0.1) is 0 Å². The molecule has 17 heavy (non-hydrogen) atoms. The molecule has 1 N–H and O–H groups in total. The van der Waals surface area contributed by atoms with Crippen LogP contribution in [-0.2, 0) is 9.84 Å². The molecule has 1 aliphatic heterocycles. The largest absolute Gasteiger partial charge is 0.317 e. The summed E-state index contributed by atoms with van der Waals surface area (Å²) in [7, 11) is 1.38. The fraction of sp³-hybridized carbons (Fsp3) is 1.00. The third-order valence-electron chi connectivity index (χ3n) is 4.47. The van der Waals surface area contributed by atoms with Gasteiger partial charge in [0.15, 0.2) is 9.84 Å². The first kappa shape index (κ1) is 13.3. The molecule has 0 aromatic rings. The topological polar surface area (TPSA) is 49.4 Å². The Labute approximate surface area is 105 Å². The first-order chi connectivity index (χ1) is 8.02. The van der Waals surface area contributed by atoms with E-state index in [4.69, 9.17) is 0 Å². The molecule has 100 valence electrons. The van der Waals surface area contributed by atoms with Crippen LogP contribution in [0.3, 0.4) is 0 Å². The molecule has 1 unspecified atom stereocenters. The van der Waals surface area contributed by atoms with Gasteiger partial charge in [0.05, 0.1) is 11.5 Å². The van der Waals surface area contributed by atoms with E-state index >= 15 is 0 Å². The number of nitrogens with one attached hydrogen (secondary N) is 1. The van der Waals surface area contributed by atoms with Crippen molar-refractivity contribution < 1.29 is 8.42 Å². The van der Waals surface area contributed by atoms with Gasteiger partial charge in [-0.25, -0.2) is 8.42 Å². The minimum absolute atomic E-state index is 0.260. The van der Waals surface area contributed by atoms with Crippen LogP contribution in [0.1, 0.15) is 32.1 Å². The number of sulfone groups is 1. The van der Waals surface area contributed by atoms with Crippen LogP contribution in [0.5, 0.6) is 0 Å². The SMILES string of the molecule is CNC1CCC(N(C)C2CCS(=O)(=O)C2)CC1. The zero-order chi connectivity index (χ0) is 12.5. The molecule has 4 nitrogen and oxygen atoms in total. The summed E-state index contributed by atoms with van der Waals surface area (Å²) in [6.07, 6.45) is 5.64. The molecule has 1 atom stereocenters. The van der Waals surface area contributed by atoms with Gasteiger partial charge in [0.25, 0.3) is 0 Å². The van der Waals surface area contributed by atoms with Gasteiger partial charge in [-0.05, 0) is 46.2 Å². The van der Waals surface area contributed by atoms with Crippen molar-refractivity contribution in [3.63, 3.8) is 0 Å². The van der Waals surface area contributed by atoms with Crippen LogP contribution in [0.25, 0.3) is 0 Å². The minimum atomic E-state index is -2.75. The smallest absolute Gasteiger partial charge is 0.151 e. The molecule has 1 heterocycles. The molecular formula is C12H24N2O2S. The molecule has 0 radical (unpaired) electrons. The van der Waals surface area contributed by atoms with Crippen molar-refractivity contribution in [2.24, 2.45) is 0 Å². The zero-order valence-electron chi connectivity index (χ0n) is 10.9. The first-order valence-electron chi connectivity index (χ1n) is 6.61. The minimum Gasteiger partial charge on any atom is -0.317 e. The summed E-state index contributed by atoms with van der Waals surface area (Å²) in [5.74, 6) is 0.753. The van der Waals surface area contributed by atoms with Crippen LogP contribution in [0, 0.1) is 0 Å². The second-order valence-electron chi connectivity index (χ2n) is 5.52. The average Bonchev–Trinajstić information content (AvgIpc) is 2.69. The maximum absolute atomic E-state index is 11.5. The van der Waals surface area contributed by atoms with Crippen LogP contribution < -0.4 is 5.32 Å². The highest BCUT2D eigenvalue weighted by Gasteiger charge is 2.34. The van der Waals surface area contributed by atoms with Crippen molar-refractivity contribution in [3.8, 4) is 0 Å². The molecule has 0 aromatic heterocycles. The Kier molecular flexibility index (Phi) is 4.10. The van der Waals surface area contributed by atoms with E-state index in [2.05, 4.69) is 17.3 Å². The highest BCUT2D eigenvalue weighted by atomic mass is 32.2. The second-order valence-corrected chi connectivity index (χ2v) is 7.75.